The Morgan fingerprint density at radius 2 is 1.68 bits per heavy atom. The lowest BCUT2D eigenvalue weighted by molar-refractivity contribution is -0.134. The summed E-state index contributed by atoms with van der Waals surface area (Å²) in [6.07, 6.45) is 0.889. The van der Waals surface area contributed by atoms with Gasteiger partial charge in [0, 0.05) is 23.3 Å². The molecule has 2 N–H and O–H groups in total. The molecular weight excluding hydrogens is 444 g/mol. The summed E-state index contributed by atoms with van der Waals surface area (Å²) in [7, 11) is 0. The second-order valence-corrected chi connectivity index (χ2v) is 8.71. The zero-order valence-corrected chi connectivity index (χ0v) is 19.9. The summed E-state index contributed by atoms with van der Waals surface area (Å²) < 4.78 is 5.61. The highest BCUT2D eigenvalue weighted by atomic mass is 32.1. The lowest BCUT2D eigenvalue weighted by Crippen LogP contribution is -2.44. The number of aryl methyl sites for hydroxylation is 2. The van der Waals surface area contributed by atoms with Gasteiger partial charge in [0.05, 0.1) is 6.04 Å². The van der Waals surface area contributed by atoms with Crippen LogP contribution in [0.5, 0.6) is 5.75 Å². The van der Waals surface area contributed by atoms with Gasteiger partial charge in [0.1, 0.15) is 5.75 Å². The molecule has 4 rings (SSSR count). The number of carbonyl (C=O) groups is 2. The van der Waals surface area contributed by atoms with Crippen LogP contribution in [0.15, 0.2) is 90.1 Å². The van der Waals surface area contributed by atoms with E-state index in [-0.39, 0.29) is 18.2 Å². The first-order chi connectivity index (χ1) is 16.4. The molecule has 0 amide bonds. The monoisotopic (exact) mass is 470 g/mol. The highest BCUT2D eigenvalue weighted by Gasteiger charge is 2.30. The minimum absolute atomic E-state index is 0.0916. The van der Waals surface area contributed by atoms with Crippen molar-refractivity contribution in [2.24, 2.45) is 0 Å². The lowest BCUT2D eigenvalue weighted by Gasteiger charge is -2.30. The lowest BCUT2D eigenvalue weighted by atomic mass is 9.89. The zero-order chi connectivity index (χ0) is 24.1. The van der Waals surface area contributed by atoms with Gasteiger partial charge in [-0.1, -0.05) is 72.3 Å². The number of ether oxygens (including phenoxy) is 1. The van der Waals surface area contributed by atoms with Crippen LogP contribution in [0.2, 0.25) is 0 Å². The molecule has 1 heterocycles. The molecule has 0 aromatic heterocycles. The van der Waals surface area contributed by atoms with Crippen molar-refractivity contribution in [2.45, 2.75) is 32.7 Å². The smallest absolute Gasteiger partial charge is 0.311 e. The van der Waals surface area contributed by atoms with E-state index >= 15 is 0 Å². The molecule has 3 aromatic carbocycles. The first-order valence-electron chi connectivity index (χ1n) is 11.1. The SMILES string of the molecule is CC1=C(C(=O)c2ccccc2)C(c2cccc(OC(=O)CCc3ccc(C)cc3)c2)NC(=S)N1. The predicted molar refractivity (Wildman–Crippen MR) is 137 cm³/mol. The number of thiocarbonyl (C=S) groups is 1. The summed E-state index contributed by atoms with van der Waals surface area (Å²) in [4.78, 5) is 25.8. The van der Waals surface area contributed by atoms with E-state index in [1.54, 1.807) is 24.3 Å². The largest absolute Gasteiger partial charge is 0.427 e. The molecule has 3 aromatic rings. The normalized spacial score (nSPS) is 15.4. The Kier molecular flexibility index (Phi) is 7.18. The quantitative estimate of drug-likeness (QED) is 0.214. The number of hydrogen-bond donors (Lipinski definition) is 2. The van der Waals surface area contributed by atoms with E-state index in [0.29, 0.717) is 34.1 Å². The first-order valence-corrected chi connectivity index (χ1v) is 11.6. The van der Waals surface area contributed by atoms with Gasteiger partial charge in [-0.2, -0.15) is 0 Å². The molecule has 0 bridgehead atoms. The molecule has 0 saturated carbocycles. The molecule has 34 heavy (non-hydrogen) atoms. The molecule has 0 spiro atoms. The highest BCUT2D eigenvalue weighted by Crippen LogP contribution is 2.31. The van der Waals surface area contributed by atoms with Crippen LogP contribution in [0.4, 0.5) is 0 Å². The predicted octanol–water partition coefficient (Wildman–Crippen LogP) is 5.21. The second kappa shape index (κ2) is 10.4. The molecule has 1 unspecified atom stereocenters. The Bertz CT molecular complexity index is 1250. The van der Waals surface area contributed by atoms with Crippen LogP contribution in [0.3, 0.4) is 0 Å². The van der Waals surface area contributed by atoms with Gasteiger partial charge in [0.15, 0.2) is 10.9 Å². The Labute approximate surface area is 204 Å². The van der Waals surface area contributed by atoms with E-state index in [9.17, 15) is 9.59 Å². The first kappa shape index (κ1) is 23.4. The molecule has 1 atom stereocenters. The number of hydrogen-bond acceptors (Lipinski definition) is 4. The number of ketones is 1. The van der Waals surface area contributed by atoms with Gasteiger partial charge in [-0.3, -0.25) is 9.59 Å². The minimum atomic E-state index is -0.465. The number of benzene rings is 3. The molecule has 0 radical (unpaired) electrons. The molecule has 1 aliphatic rings. The summed E-state index contributed by atoms with van der Waals surface area (Å²) >= 11 is 5.35. The number of nitrogens with one attached hydrogen (secondary N) is 2. The Balaban J connectivity index is 1.52. The topological polar surface area (TPSA) is 67.4 Å². The number of rotatable bonds is 7. The molecule has 0 saturated heterocycles. The van der Waals surface area contributed by atoms with Gasteiger partial charge in [0.25, 0.3) is 0 Å². The van der Waals surface area contributed by atoms with Gasteiger partial charge >= 0.3 is 5.97 Å². The highest BCUT2D eigenvalue weighted by molar-refractivity contribution is 7.80. The van der Waals surface area contributed by atoms with Crippen LogP contribution < -0.4 is 15.4 Å². The maximum Gasteiger partial charge on any atom is 0.311 e. The van der Waals surface area contributed by atoms with E-state index < -0.39 is 6.04 Å². The maximum absolute atomic E-state index is 13.3. The summed E-state index contributed by atoms with van der Waals surface area (Å²) in [6.45, 7) is 3.87. The third-order valence-corrected chi connectivity index (χ3v) is 5.93. The van der Waals surface area contributed by atoms with E-state index in [1.807, 2.05) is 68.4 Å². The fourth-order valence-electron chi connectivity index (χ4n) is 3.93. The summed E-state index contributed by atoms with van der Waals surface area (Å²) in [5, 5.41) is 6.69. The average Bonchev–Trinajstić information content (AvgIpc) is 2.83. The summed E-state index contributed by atoms with van der Waals surface area (Å²) in [5.41, 5.74) is 4.92. The number of allylic oxidation sites excluding steroid dienone is 1. The zero-order valence-electron chi connectivity index (χ0n) is 19.1. The molecule has 172 valence electrons. The molecule has 6 heteroatoms. The fraction of sp³-hybridized carbons (Fsp3) is 0.179. The Morgan fingerprint density at radius 1 is 0.941 bits per heavy atom. The number of esters is 1. The van der Waals surface area contributed by atoms with E-state index in [2.05, 4.69) is 10.6 Å². The molecule has 0 fully saturated rings. The maximum atomic E-state index is 13.3. The van der Waals surface area contributed by atoms with Gasteiger partial charge in [-0.15, -0.1) is 0 Å². The standard InChI is InChI=1S/C28H26N2O3S/c1-18-11-13-20(14-12-18)15-16-24(31)33-23-10-6-9-22(17-23)26-25(19(2)29-28(34)30-26)27(32)21-7-4-3-5-8-21/h3-14,17,26H,15-16H2,1-2H3,(H2,29,30,34). The van der Waals surface area contributed by atoms with Crippen molar-refractivity contribution < 1.29 is 14.3 Å². The van der Waals surface area contributed by atoms with Crippen LogP contribution in [0, 0.1) is 6.92 Å². The summed E-state index contributed by atoms with van der Waals surface area (Å²) in [5.74, 6) is 0.0340. The van der Waals surface area contributed by atoms with Gasteiger partial charge < -0.3 is 15.4 Å². The van der Waals surface area contributed by atoms with E-state index in [1.165, 1.54) is 5.56 Å². The van der Waals surface area contributed by atoms with Crippen LogP contribution in [0.25, 0.3) is 0 Å². The van der Waals surface area contributed by atoms with Crippen molar-refractivity contribution in [1.82, 2.24) is 10.6 Å². The Hall–Kier alpha value is -3.77. The van der Waals surface area contributed by atoms with Crippen LogP contribution in [-0.2, 0) is 11.2 Å². The molecule has 1 aliphatic heterocycles. The van der Waals surface area contributed by atoms with Crippen LogP contribution in [0.1, 0.15) is 46.4 Å². The van der Waals surface area contributed by atoms with Crippen molar-refractivity contribution in [2.75, 3.05) is 0 Å². The van der Waals surface area contributed by atoms with Crippen molar-refractivity contribution in [3.05, 3.63) is 112 Å². The summed E-state index contributed by atoms with van der Waals surface area (Å²) in [6, 6.07) is 24.0. The van der Waals surface area contributed by atoms with Crippen molar-refractivity contribution in [3.8, 4) is 5.75 Å². The van der Waals surface area contributed by atoms with Crippen molar-refractivity contribution in [3.63, 3.8) is 0 Å². The third-order valence-electron chi connectivity index (χ3n) is 5.71. The van der Waals surface area contributed by atoms with Crippen molar-refractivity contribution in [1.29, 1.82) is 0 Å². The molecule has 0 aliphatic carbocycles. The van der Waals surface area contributed by atoms with Gasteiger partial charge in [-0.05, 0) is 55.7 Å². The number of Topliss-reactive ketones (excluding diaryl/α,β-unsaturated/α-hetero) is 1. The number of carbonyl (C=O) groups excluding carboxylic acids is 2. The fourth-order valence-corrected chi connectivity index (χ4v) is 4.20. The Morgan fingerprint density at radius 3 is 2.41 bits per heavy atom. The van der Waals surface area contributed by atoms with Crippen LogP contribution in [-0.4, -0.2) is 16.9 Å². The second-order valence-electron chi connectivity index (χ2n) is 8.30. The van der Waals surface area contributed by atoms with Gasteiger partial charge in [0.2, 0.25) is 0 Å². The van der Waals surface area contributed by atoms with E-state index in [0.717, 1.165) is 11.1 Å². The van der Waals surface area contributed by atoms with Gasteiger partial charge in [-0.25, -0.2) is 0 Å². The molecule has 5 nitrogen and oxygen atoms in total. The van der Waals surface area contributed by atoms with E-state index in [4.69, 9.17) is 17.0 Å². The van der Waals surface area contributed by atoms with Crippen LogP contribution >= 0.6 is 12.2 Å². The molecular formula is C28H26N2O3S. The third kappa shape index (κ3) is 5.58. The van der Waals surface area contributed by atoms with Crippen molar-refractivity contribution >= 4 is 29.1 Å². The minimum Gasteiger partial charge on any atom is -0.427 e. The average molecular weight is 471 g/mol.